The molecule has 1 aliphatic heterocycles. The van der Waals surface area contributed by atoms with Crippen LogP contribution in [0.2, 0.25) is 0 Å². The molecule has 32 heavy (non-hydrogen) atoms. The molecule has 2 heterocycles. The zero-order valence-electron chi connectivity index (χ0n) is 17.0. The summed E-state index contributed by atoms with van der Waals surface area (Å²) in [6.45, 7) is 0. The summed E-state index contributed by atoms with van der Waals surface area (Å²) in [7, 11) is 1.52. The number of nitrogens with zero attached hydrogens (tertiary/aromatic N) is 1. The molecule has 5 atom stereocenters. The topological polar surface area (TPSA) is 129 Å². The second-order valence-corrected chi connectivity index (χ2v) is 8.07. The molecule has 0 amide bonds. The van der Waals surface area contributed by atoms with E-state index in [1.54, 1.807) is 54.6 Å². The van der Waals surface area contributed by atoms with Gasteiger partial charge in [0.15, 0.2) is 11.2 Å². The van der Waals surface area contributed by atoms with Gasteiger partial charge in [0.1, 0.15) is 29.0 Å². The van der Waals surface area contributed by atoms with Crippen molar-refractivity contribution in [2.45, 2.75) is 23.2 Å². The maximum atomic E-state index is 12.4. The first-order chi connectivity index (χ1) is 15.3. The lowest BCUT2D eigenvalue weighted by Crippen LogP contribution is -2.52. The lowest BCUT2D eigenvalue weighted by Gasteiger charge is -2.40. The second-order valence-electron chi connectivity index (χ2n) is 8.07. The van der Waals surface area contributed by atoms with E-state index in [0.29, 0.717) is 16.9 Å². The number of aromatic hydroxyl groups is 1. The summed E-state index contributed by atoms with van der Waals surface area (Å²) in [6.07, 6.45) is -0.617. The number of rotatable bonds is 4. The van der Waals surface area contributed by atoms with Crippen LogP contribution in [0, 0.1) is 5.92 Å². The Kier molecular flexibility index (Phi) is 4.40. The fourth-order valence-electron chi connectivity index (χ4n) is 5.26. The predicted octanol–water partition coefficient (Wildman–Crippen LogP) is 2.13. The molecule has 164 valence electrons. The van der Waals surface area contributed by atoms with Gasteiger partial charge in [0.05, 0.1) is 19.2 Å². The van der Waals surface area contributed by atoms with Gasteiger partial charge >= 0.3 is 5.97 Å². The van der Waals surface area contributed by atoms with Crippen molar-refractivity contribution in [3.05, 3.63) is 83.7 Å². The van der Waals surface area contributed by atoms with Crippen LogP contribution >= 0.6 is 0 Å². The quantitative estimate of drug-likeness (QED) is 0.491. The van der Waals surface area contributed by atoms with Crippen LogP contribution in [0.3, 0.4) is 0 Å². The molecule has 0 saturated heterocycles. The Labute approximate surface area is 183 Å². The van der Waals surface area contributed by atoms with E-state index in [-0.39, 0.29) is 17.2 Å². The maximum Gasteiger partial charge on any atom is 0.310 e. The van der Waals surface area contributed by atoms with Gasteiger partial charge in [0, 0.05) is 12.0 Å². The first-order valence-electron chi connectivity index (χ1n) is 10.1. The van der Waals surface area contributed by atoms with Crippen molar-refractivity contribution in [1.82, 2.24) is 4.98 Å². The molecule has 0 spiro atoms. The Morgan fingerprint density at radius 3 is 2.44 bits per heavy atom. The van der Waals surface area contributed by atoms with E-state index in [4.69, 9.17) is 9.47 Å². The SMILES string of the molecule is COc1ccc([C@@]23Oc4cc(O)cnc4[C@]2(O)[C@H](O)[C@H](C(=O)O)[C@H]3c2ccccc2)cc1. The minimum Gasteiger partial charge on any atom is -0.506 e. The number of aliphatic hydroxyl groups excluding tert-OH is 1. The van der Waals surface area contributed by atoms with Crippen LogP contribution in [0.5, 0.6) is 17.2 Å². The monoisotopic (exact) mass is 435 g/mol. The Balaban J connectivity index is 1.85. The molecule has 1 saturated carbocycles. The average molecular weight is 435 g/mol. The van der Waals surface area contributed by atoms with Crippen LogP contribution in [0.4, 0.5) is 0 Å². The van der Waals surface area contributed by atoms with Crippen LogP contribution in [-0.4, -0.2) is 44.6 Å². The highest BCUT2D eigenvalue weighted by Crippen LogP contribution is 2.68. The van der Waals surface area contributed by atoms with E-state index in [2.05, 4.69) is 4.98 Å². The molecular formula is C24H21NO7. The number of aromatic nitrogens is 1. The molecule has 1 aliphatic carbocycles. The van der Waals surface area contributed by atoms with Crippen molar-refractivity contribution in [2.75, 3.05) is 7.11 Å². The minimum absolute atomic E-state index is 0.0247. The van der Waals surface area contributed by atoms with E-state index in [9.17, 15) is 25.2 Å². The molecule has 5 rings (SSSR count). The highest BCUT2D eigenvalue weighted by atomic mass is 16.5. The maximum absolute atomic E-state index is 12.4. The number of pyridine rings is 1. The zero-order chi connectivity index (χ0) is 22.7. The molecule has 3 aromatic rings. The number of carboxylic acid groups (broad SMARTS) is 1. The zero-order valence-corrected chi connectivity index (χ0v) is 17.0. The lowest BCUT2D eigenvalue weighted by atomic mass is 9.71. The van der Waals surface area contributed by atoms with Crippen LogP contribution in [0.1, 0.15) is 22.7 Å². The number of hydrogen-bond donors (Lipinski definition) is 4. The first-order valence-corrected chi connectivity index (χ1v) is 10.1. The normalized spacial score (nSPS) is 30.3. The average Bonchev–Trinajstić information content (AvgIpc) is 3.17. The smallest absolute Gasteiger partial charge is 0.310 e. The molecule has 2 aliphatic rings. The van der Waals surface area contributed by atoms with Gasteiger partial charge in [-0.2, -0.15) is 0 Å². The Hall–Kier alpha value is -3.62. The summed E-state index contributed by atoms with van der Waals surface area (Å²) in [5.41, 5.74) is -2.94. The molecule has 2 aromatic carbocycles. The number of carboxylic acids is 1. The van der Waals surface area contributed by atoms with Crippen molar-refractivity contribution < 1.29 is 34.7 Å². The third-order valence-electron chi connectivity index (χ3n) is 6.56. The van der Waals surface area contributed by atoms with Crippen molar-refractivity contribution in [1.29, 1.82) is 0 Å². The van der Waals surface area contributed by atoms with E-state index in [1.807, 2.05) is 0 Å². The van der Waals surface area contributed by atoms with Gasteiger partial charge in [-0.15, -0.1) is 0 Å². The molecular weight excluding hydrogens is 414 g/mol. The Morgan fingerprint density at radius 1 is 1.12 bits per heavy atom. The van der Waals surface area contributed by atoms with Crippen molar-refractivity contribution >= 4 is 5.97 Å². The van der Waals surface area contributed by atoms with Gasteiger partial charge in [0.2, 0.25) is 0 Å². The number of aliphatic hydroxyl groups is 2. The number of fused-ring (bicyclic) bond motifs is 3. The lowest BCUT2D eigenvalue weighted by molar-refractivity contribution is -0.160. The van der Waals surface area contributed by atoms with Gasteiger partial charge in [-0.25, -0.2) is 0 Å². The number of carbonyl (C=O) groups is 1. The summed E-state index contributed by atoms with van der Waals surface area (Å²) in [5.74, 6) is -3.19. The summed E-state index contributed by atoms with van der Waals surface area (Å²) < 4.78 is 11.6. The fourth-order valence-corrected chi connectivity index (χ4v) is 5.26. The number of aliphatic carboxylic acids is 1. The van der Waals surface area contributed by atoms with Gasteiger partial charge in [-0.05, 0) is 23.3 Å². The van der Waals surface area contributed by atoms with Crippen LogP contribution in [0.25, 0.3) is 0 Å². The van der Waals surface area contributed by atoms with E-state index in [1.165, 1.54) is 13.2 Å². The molecule has 4 N–H and O–H groups in total. The van der Waals surface area contributed by atoms with E-state index >= 15 is 0 Å². The molecule has 1 fully saturated rings. The van der Waals surface area contributed by atoms with Gasteiger partial charge in [-0.3, -0.25) is 9.78 Å². The van der Waals surface area contributed by atoms with Crippen LogP contribution in [-0.2, 0) is 16.0 Å². The number of benzene rings is 2. The number of ether oxygens (including phenoxy) is 2. The Bertz CT molecular complexity index is 1180. The minimum atomic E-state index is -2.20. The van der Waals surface area contributed by atoms with Crippen LogP contribution in [0.15, 0.2) is 66.9 Å². The van der Waals surface area contributed by atoms with Crippen molar-refractivity contribution in [3.8, 4) is 17.2 Å². The molecule has 0 radical (unpaired) electrons. The van der Waals surface area contributed by atoms with Crippen molar-refractivity contribution in [2.24, 2.45) is 5.92 Å². The molecule has 1 aromatic heterocycles. The highest BCUT2D eigenvalue weighted by molar-refractivity contribution is 5.76. The second kappa shape index (κ2) is 6.94. The highest BCUT2D eigenvalue weighted by Gasteiger charge is 2.78. The largest absolute Gasteiger partial charge is 0.506 e. The fraction of sp³-hybridized carbons (Fsp3) is 0.250. The van der Waals surface area contributed by atoms with Gasteiger partial charge in [0.25, 0.3) is 0 Å². The first kappa shape index (κ1) is 20.3. The third kappa shape index (κ3) is 2.44. The van der Waals surface area contributed by atoms with Gasteiger partial charge in [-0.1, -0.05) is 42.5 Å². The van der Waals surface area contributed by atoms with Crippen molar-refractivity contribution in [3.63, 3.8) is 0 Å². The number of hydrogen-bond acceptors (Lipinski definition) is 7. The summed E-state index contributed by atoms with van der Waals surface area (Å²) in [6, 6.07) is 16.8. The van der Waals surface area contributed by atoms with Crippen LogP contribution < -0.4 is 9.47 Å². The van der Waals surface area contributed by atoms with Gasteiger partial charge < -0.3 is 29.9 Å². The van der Waals surface area contributed by atoms with E-state index in [0.717, 1.165) is 6.20 Å². The third-order valence-corrected chi connectivity index (χ3v) is 6.56. The molecule has 0 unspecified atom stereocenters. The van der Waals surface area contributed by atoms with E-state index < -0.39 is 35.1 Å². The predicted molar refractivity (Wildman–Crippen MR) is 111 cm³/mol. The number of methoxy groups -OCH3 is 1. The molecule has 8 nitrogen and oxygen atoms in total. The summed E-state index contributed by atoms with van der Waals surface area (Å²) in [5, 5.41) is 43.5. The summed E-state index contributed by atoms with van der Waals surface area (Å²) >= 11 is 0. The molecule has 8 heteroatoms. The molecule has 0 bridgehead atoms. The Morgan fingerprint density at radius 2 is 1.81 bits per heavy atom. The summed E-state index contributed by atoms with van der Waals surface area (Å²) in [4.78, 5) is 16.5. The standard InChI is InChI=1S/C24H21NO7/c1-31-16-9-7-14(8-10-16)24-19(13-5-3-2-4-6-13)18(22(28)29)21(27)23(24,30)20-17(32-24)11-15(26)12-25-20/h2-12,18-19,21,26-27,30H,1H3,(H,28,29)/t18-,19-,21-,23+,24+/m1/s1.